The quantitative estimate of drug-likeness (QED) is 0.862. The number of amides is 2. The van der Waals surface area contributed by atoms with Crippen molar-refractivity contribution in [1.29, 1.82) is 0 Å². The van der Waals surface area contributed by atoms with E-state index in [9.17, 15) is 14.0 Å². The molecule has 130 valence electrons. The Balaban J connectivity index is 1.62. The lowest BCUT2D eigenvalue weighted by Crippen LogP contribution is -2.50. The fraction of sp³-hybridized carbons (Fsp3) is 0.263. The topological polar surface area (TPSA) is 49.9 Å². The van der Waals surface area contributed by atoms with Crippen molar-refractivity contribution in [2.45, 2.75) is 6.92 Å². The van der Waals surface area contributed by atoms with Crippen molar-refractivity contribution in [2.75, 3.05) is 26.2 Å². The maximum Gasteiger partial charge on any atom is 0.253 e. The smallest absolute Gasteiger partial charge is 0.253 e. The summed E-state index contributed by atoms with van der Waals surface area (Å²) in [5.74, 6) is 0.531. The van der Waals surface area contributed by atoms with Crippen LogP contribution in [0.5, 0.6) is 11.5 Å². The van der Waals surface area contributed by atoms with E-state index in [0.29, 0.717) is 43.2 Å². The number of piperazine rings is 1. The normalized spacial score (nSPS) is 14.3. The van der Waals surface area contributed by atoms with E-state index in [-0.39, 0.29) is 17.6 Å². The molecule has 0 spiro atoms. The highest BCUT2D eigenvalue weighted by Crippen LogP contribution is 2.22. The third kappa shape index (κ3) is 4.15. The number of benzene rings is 2. The second kappa shape index (κ2) is 7.34. The molecule has 0 unspecified atom stereocenters. The molecule has 6 heteroatoms. The van der Waals surface area contributed by atoms with Gasteiger partial charge in [0.1, 0.15) is 17.3 Å². The van der Waals surface area contributed by atoms with Gasteiger partial charge in [0.15, 0.2) is 0 Å². The van der Waals surface area contributed by atoms with Gasteiger partial charge in [-0.1, -0.05) is 6.07 Å². The molecule has 0 saturated carbocycles. The molecular weight excluding hydrogens is 323 g/mol. The van der Waals surface area contributed by atoms with Crippen LogP contribution in [0, 0.1) is 5.82 Å². The minimum Gasteiger partial charge on any atom is -0.457 e. The fourth-order valence-corrected chi connectivity index (χ4v) is 2.74. The lowest BCUT2D eigenvalue weighted by Gasteiger charge is -2.34. The molecule has 2 amide bonds. The summed E-state index contributed by atoms with van der Waals surface area (Å²) in [6, 6.07) is 12.6. The summed E-state index contributed by atoms with van der Waals surface area (Å²) in [7, 11) is 0. The standard InChI is InChI=1S/C19H19FN2O3/c1-14(23)21-9-11-22(12-10-21)19(24)15-5-7-17(8-6-15)25-18-4-2-3-16(20)13-18/h2-8,13H,9-12H2,1H3. The van der Waals surface area contributed by atoms with Crippen LogP contribution in [0.15, 0.2) is 48.5 Å². The molecule has 2 aromatic rings. The van der Waals surface area contributed by atoms with Gasteiger partial charge in [0.25, 0.3) is 5.91 Å². The van der Waals surface area contributed by atoms with E-state index in [0.717, 1.165) is 0 Å². The van der Waals surface area contributed by atoms with Gasteiger partial charge in [-0.05, 0) is 36.4 Å². The van der Waals surface area contributed by atoms with E-state index in [1.54, 1.807) is 46.2 Å². The second-order valence-corrected chi connectivity index (χ2v) is 5.88. The number of carbonyl (C=O) groups excluding carboxylic acids is 2. The summed E-state index contributed by atoms with van der Waals surface area (Å²) in [6.07, 6.45) is 0. The number of halogens is 1. The molecule has 0 aromatic heterocycles. The molecule has 1 fully saturated rings. The van der Waals surface area contributed by atoms with Gasteiger partial charge >= 0.3 is 0 Å². The van der Waals surface area contributed by atoms with Gasteiger partial charge in [0.2, 0.25) is 5.91 Å². The Kier molecular flexibility index (Phi) is 4.97. The molecule has 0 aliphatic carbocycles. The van der Waals surface area contributed by atoms with Gasteiger partial charge in [0, 0.05) is 44.7 Å². The minimum absolute atomic E-state index is 0.0333. The summed E-state index contributed by atoms with van der Waals surface area (Å²) < 4.78 is 18.7. The molecule has 0 radical (unpaired) electrons. The summed E-state index contributed by atoms with van der Waals surface area (Å²) >= 11 is 0. The third-order valence-electron chi connectivity index (χ3n) is 4.15. The number of hydrogen-bond donors (Lipinski definition) is 0. The lowest BCUT2D eigenvalue weighted by molar-refractivity contribution is -0.130. The number of rotatable bonds is 3. The van der Waals surface area contributed by atoms with E-state index in [2.05, 4.69) is 0 Å². The molecule has 5 nitrogen and oxygen atoms in total. The van der Waals surface area contributed by atoms with Gasteiger partial charge in [0.05, 0.1) is 0 Å². The molecule has 0 bridgehead atoms. The van der Waals surface area contributed by atoms with Crippen LogP contribution >= 0.6 is 0 Å². The van der Waals surface area contributed by atoms with Gasteiger partial charge < -0.3 is 14.5 Å². The van der Waals surface area contributed by atoms with Gasteiger partial charge in [-0.15, -0.1) is 0 Å². The fourth-order valence-electron chi connectivity index (χ4n) is 2.74. The molecule has 1 aliphatic heterocycles. The van der Waals surface area contributed by atoms with Crippen molar-refractivity contribution in [1.82, 2.24) is 9.80 Å². The largest absolute Gasteiger partial charge is 0.457 e. The minimum atomic E-state index is -0.367. The van der Waals surface area contributed by atoms with Crippen LogP contribution in [0.25, 0.3) is 0 Å². The molecule has 1 saturated heterocycles. The Hall–Kier alpha value is -2.89. The lowest BCUT2D eigenvalue weighted by atomic mass is 10.1. The highest BCUT2D eigenvalue weighted by molar-refractivity contribution is 5.94. The maximum atomic E-state index is 13.2. The molecule has 25 heavy (non-hydrogen) atoms. The maximum absolute atomic E-state index is 13.2. The van der Waals surface area contributed by atoms with Gasteiger partial charge in [-0.2, -0.15) is 0 Å². The van der Waals surface area contributed by atoms with Crippen LogP contribution in [0.4, 0.5) is 4.39 Å². The summed E-state index contributed by atoms with van der Waals surface area (Å²) in [5, 5.41) is 0. The molecule has 2 aromatic carbocycles. The first-order valence-corrected chi connectivity index (χ1v) is 8.11. The molecule has 0 N–H and O–H groups in total. The first kappa shape index (κ1) is 17.0. The molecular formula is C19H19FN2O3. The van der Waals surface area contributed by atoms with Crippen LogP contribution in [-0.4, -0.2) is 47.8 Å². The molecule has 1 aliphatic rings. The predicted octanol–water partition coefficient (Wildman–Crippen LogP) is 2.92. The summed E-state index contributed by atoms with van der Waals surface area (Å²) in [4.78, 5) is 27.3. The van der Waals surface area contributed by atoms with Crippen molar-refractivity contribution in [3.05, 3.63) is 59.9 Å². The summed E-state index contributed by atoms with van der Waals surface area (Å²) in [5.41, 5.74) is 0.558. The van der Waals surface area contributed by atoms with Crippen molar-refractivity contribution in [3.8, 4) is 11.5 Å². The zero-order valence-electron chi connectivity index (χ0n) is 13.9. The van der Waals surface area contributed by atoms with E-state index in [4.69, 9.17) is 4.74 Å². The van der Waals surface area contributed by atoms with Gasteiger partial charge in [-0.25, -0.2) is 4.39 Å². The first-order chi connectivity index (χ1) is 12.0. The van der Waals surface area contributed by atoms with E-state index >= 15 is 0 Å². The number of carbonyl (C=O) groups is 2. The second-order valence-electron chi connectivity index (χ2n) is 5.88. The average Bonchev–Trinajstić information content (AvgIpc) is 2.62. The zero-order valence-corrected chi connectivity index (χ0v) is 13.9. The van der Waals surface area contributed by atoms with E-state index in [1.165, 1.54) is 19.1 Å². The van der Waals surface area contributed by atoms with Crippen LogP contribution in [-0.2, 0) is 4.79 Å². The Morgan fingerprint density at radius 3 is 2.16 bits per heavy atom. The number of hydrogen-bond acceptors (Lipinski definition) is 3. The van der Waals surface area contributed by atoms with E-state index in [1.807, 2.05) is 0 Å². The Morgan fingerprint density at radius 2 is 1.56 bits per heavy atom. The predicted molar refractivity (Wildman–Crippen MR) is 91.1 cm³/mol. The first-order valence-electron chi connectivity index (χ1n) is 8.11. The van der Waals surface area contributed by atoms with Crippen LogP contribution in [0.3, 0.4) is 0 Å². The molecule has 1 heterocycles. The summed E-state index contributed by atoms with van der Waals surface area (Å²) in [6.45, 7) is 3.71. The van der Waals surface area contributed by atoms with Gasteiger partial charge in [-0.3, -0.25) is 9.59 Å². The Labute approximate surface area is 145 Å². The van der Waals surface area contributed by atoms with Crippen molar-refractivity contribution >= 4 is 11.8 Å². The SMILES string of the molecule is CC(=O)N1CCN(C(=O)c2ccc(Oc3cccc(F)c3)cc2)CC1. The highest BCUT2D eigenvalue weighted by Gasteiger charge is 2.23. The Bertz CT molecular complexity index is 768. The van der Waals surface area contributed by atoms with Crippen molar-refractivity contribution in [3.63, 3.8) is 0 Å². The highest BCUT2D eigenvalue weighted by atomic mass is 19.1. The molecule has 3 rings (SSSR count). The van der Waals surface area contributed by atoms with Crippen molar-refractivity contribution < 1.29 is 18.7 Å². The van der Waals surface area contributed by atoms with Crippen LogP contribution in [0.1, 0.15) is 17.3 Å². The monoisotopic (exact) mass is 342 g/mol. The van der Waals surface area contributed by atoms with E-state index < -0.39 is 0 Å². The van der Waals surface area contributed by atoms with Crippen molar-refractivity contribution in [2.24, 2.45) is 0 Å². The van der Waals surface area contributed by atoms with Crippen LogP contribution < -0.4 is 4.74 Å². The number of nitrogens with zero attached hydrogens (tertiary/aromatic N) is 2. The third-order valence-corrected chi connectivity index (χ3v) is 4.15. The van der Waals surface area contributed by atoms with Crippen LogP contribution in [0.2, 0.25) is 0 Å². The average molecular weight is 342 g/mol. The zero-order chi connectivity index (χ0) is 17.8. The Morgan fingerprint density at radius 1 is 0.920 bits per heavy atom. The number of ether oxygens (including phenoxy) is 1. The molecule has 0 atom stereocenters.